The summed E-state index contributed by atoms with van der Waals surface area (Å²) in [6.45, 7) is 0. The van der Waals surface area contributed by atoms with Gasteiger partial charge < -0.3 is 15.4 Å². The Morgan fingerprint density at radius 3 is 2.47 bits per heavy atom. The van der Waals surface area contributed by atoms with Crippen LogP contribution in [0.25, 0.3) is 0 Å². The van der Waals surface area contributed by atoms with Gasteiger partial charge in [-0.1, -0.05) is 17.8 Å². The van der Waals surface area contributed by atoms with Crippen molar-refractivity contribution < 1.29 is 13.9 Å². The molecule has 0 fully saturated rings. The van der Waals surface area contributed by atoms with Crippen LogP contribution in [0.4, 0.5) is 15.8 Å². The van der Waals surface area contributed by atoms with Crippen LogP contribution in [0.2, 0.25) is 0 Å². The molecule has 0 bridgehead atoms. The molecule has 30 heavy (non-hydrogen) atoms. The number of benzene rings is 3. The number of esters is 1. The average Bonchev–Trinajstić information content (AvgIpc) is 2.76. The number of thiocarbonyl (C=S) groups is 1. The Morgan fingerprint density at radius 1 is 1.00 bits per heavy atom. The molecule has 3 rings (SSSR count). The van der Waals surface area contributed by atoms with Crippen molar-refractivity contribution in [3.63, 3.8) is 0 Å². The quantitative estimate of drug-likeness (QED) is 0.256. The minimum absolute atomic E-state index is 0.295. The summed E-state index contributed by atoms with van der Waals surface area (Å²) in [7, 11) is 1.33. The normalized spacial score (nSPS) is 10.4. The summed E-state index contributed by atoms with van der Waals surface area (Å²) in [5, 5.41) is 6.70. The number of ether oxygens (including phenoxy) is 1. The van der Waals surface area contributed by atoms with Gasteiger partial charge in [0.2, 0.25) is 0 Å². The standard InChI is InChI=1S/C22H19FN2O2S3/c1-27-21(26)14-6-11-20(30-17-9-7-15(23)8-10-17)19(12-14)25-22(28)24-16-4-3-5-18(13-16)29-2/h3-13H,1-2H3,(H2,24,25,28). The SMILES string of the molecule is COC(=O)c1ccc(Sc2ccc(F)cc2)c(NC(=S)Nc2cccc(SC)c2)c1. The predicted molar refractivity (Wildman–Crippen MR) is 126 cm³/mol. The molecule has 3 aromatic rings. The summed E-state index contributed by atoms with van der Waals surface area (Å²) >= 11 is 8.55. The van der Waals surface area contributed by atoms with Gasteiger partial charge in [0.1, 0.15) is 5.82 Å². The van der Waals surface area contributed by atoms with Crippen molar-refractivity contribution in [1.82, 2.24) is 0 Å². The van der Waals surface area contributed by atoms with Gasteiger partial charge in [-0.3, -0.25) is 0 Å². The Kier molecular flexibility index (Phi) is 7.73. The number of hydrogen-bond donors (Lipinski definition) is 2. The van der Waals surface area contributed by atoms with Crippen molar-refractivity contribution in [2.75, 3.05) is 24.0 Å². The Balaban J connectivity index is 1.84. The fourth-order valence-corrected chi connectivity index (χ4v) is 4.15. The maximum atomic E-state index is 13.2. The molecule has 0 spiro atoms. The lowest BCUT2D eigenvalue weighted by molar-refractivity contribution is 0.0600. The Hall–Kier alpha value is -2.55. The van der Waals surface area contributed by atoms with E-state index in [1.807, 2.05) is 30.5 Å². The molecule has 0 aliphatic carbocycles. The third-order valence-electron chi connectivity index (χ3n) is 4.02. The van der Waals surface area contributed by atoms with Gasteiger partial charge >= 0.3 is 5.97 Å². The number of carbonyl (C=O) groups excluding carboxylic acids is 1. The van der Waals surface area contributed by atoms with E-state index >= 15 is 0 Å². The molecule has 0 aliphatic rings. The molecule has 0 aliphatic heterocycles. The Bertz CT molecular complexity index is 1060. The zero-order valence-corrected chi connectivity index (χ0v) is 18.7. The number of rotatable bonds is 6. The minimum atomic E-state index is -0.442. The third-order valence-corrected chi connectivity index (χ3v) is 6.03. The molecule has 0 saturated heterocycles. The van der Waals surface area contributed by atoms with E-state index in [0.29, 0.717) is 16.4 Å². The van der Waals surface area contributed by atoms with Gasteiger partial charge in [-0.2, -0.15) is 0 Å². The molecule has 4 nitrogen and oxygen atoms in total. The van der Waals surface area contributed by atoms with Crippen LogP contribution in [-0.2, 0) is 4.74 Å². The van der Waals surface area contributed by atoms with E-state index in [9.17, 15) is 9.18 Å². The number of halogens is 1. The van der Waals surface area contributed by atoms with Crippen LogP contribution in [-0.4, -0.2) is 24.4 Å². The second-order valence-electron chi connectivity index (χ2n) is 6.07. The van der Waals surface area contributed by atoms with E-state index in [-0.39, 0.29) is 5.82 Å². The second kappa shape index (κ2) is 10.5. The lowest BCUT2D eigenvalue weighted by Gasteiger charge is -2.15. The molecule has 0 radical (unpaired) electrons. The van der Waals surface area contributed by atoms with Crippen molar-refractivity contribution in [3.05, 3.63) is 78.1 Å². The van der Waals surface area contributed by atoms with E-state index in [4.69, 9.17) is 17.0 Å². The summed E-state index contributed by atoms with van der Waals surface area (Å²) in [6.07, 6.45) is 2.01. The highest BCUT2D eigenvalue weighted by atomic mass is 32.2. The molecule has 154 valence electrons. The number of carbonyl (C=O) groups is 1. The molecule has 0 amide bonds. The maximum Gasteiger partial charge on any atom is 0.337 e. The number of thioether (sulfide) groups is 1. The molecule has 0 atom stereocenters. The van der Waals surface area contributed by atoms with Crippen molar-refractivity contribution in [3.8, 4) is 0 Å². The number of anilines is 2. The summed E-state index contributed by atoms with van der Waals surface area (Å²) in [5.41, 5.74) is 1.90. The van der Waals surface area contributed by atoms with E-state index in [1.165, 1.54) is 31.0 Å². The molecule has 2 N–H and O–H groups in total. The van der Waals surface area contributed by atoms with Crippen molar-refractivity contribution in [2.45, 2.75) is 14.7 Å². The Labute approximate surface area is 188 Å². The van der Waals surface area contributed by atoms with E-state index < -0.39 is 5.97 Å². The van der Waals surface area contributed by atoms with Gasteiger partial charge in [-0.25, -0.2) is 9.18 Å². The fourth-order valence-electron chi connectivity index (χ4n) is 2.58. The second-order valence-corrected chi connectivity index (χ2v) is 8.47. The first kappa shape index (κ1) is 22.1. The van der Waals surface area contributed by atoms with Gasteiger partial charge in [0.25, 0.3) is 0 Å². The highest BCUT2D eigenvalue weighted by Crippen LogP contribution is 2.34. The van der Waals surface area contributed by atoms with Crippen molar-refractivity contribution in [2.24, 2.45) is 0 Å². The number of nitrogens with one attached hydrogen (secondary N) is 2. The molecule has 3 aromatic carbocycles. The van der Waals surface area contributed by atoms with Crippen LogP contribution in [0, 0.1) is 5.82 Å². The largest absolute Gasteiger partial charge is 0.465 e. The zero-order valence-electron chi connectivity index (χ0n) is 16.3. The van der Waals surface area contributed by atoms with Crippen molar-refractivity contribution >= 4 is 58.2 Å². The number of hydrogen-bond acceptors (Lipinski definition) is 5. The molecule has 0 heterocycles. The molecule has 0 aromatic heterocycles. The van der Waals surface area contributed by atoms with Crippen LogP contribution in [0.3, 0.4) is 0 Å². The molecule has 0 unspecified atom stereocenters. The first-order chi connectivity index (χ1) is 14.5. The highest BCUT2D eigenvalue weighted by Gasteiger charge is 2.13. The van der Waals surface area contributed by atoms with E-state index in [0.717, 1.165) is 20.4 Å². The summed E-state index contributed by atoms with van der Waals surface area (Å²) < 4.78 is 18.0. The van der Waals surface area contributed by atoms with Crippen LogP contribution >= 0.6 is 35.7 Å². The van der Waals surface area contributed by atoms with E-state index in [1.54, 1.807) is 42.1 Å². The predicted octanol–water partition coefficient (Wildman–Crippen LogP) is 6.29. The highest BCUT2D eigenvalue weighted by molar-refractivity contribution is 7.99. The van der Waals surface area contributed by atoms with Crippen LogP contribution in [0.15, 0.2) is 81.4 Å². The lowest BCUT2D eigenvalue weighted by atomic mass is 10.2. The monoisotopic (exact) mass is 458 g/mol. The lowest BCUT2D eigenvalue weighted by Crippen LogP contribution is -2.20. The van der Waals surface area contributed by atoms with Gasteiger partial charge in [-0.05, 0) is 79.1 Å². The third kappa shape index (κ3) is 5.98. The summed E-state index contributed by atoms with van der Waals surface area (Å²) in [5.74, 6) is -0.737. The van der Waals surface area contributed by atoms with Crippen molar-refractivity contribution in [1.29, 1.82) is 0 Å². The van der Waals surface area contributed by atoms with E-state index in [2.05, 4.69) is 10.6 Å². The Morgan fingerprint density at radius 2 is 1.77 bits per heavy atom. The molecule has 0 saturated carbocycles. The van der Waals surface area contributed by atoms with Gasteiger partial charge in [0, 0.05) is 20.4 Å². The number of methoxy groups -OCH3 is 1. The molecular formula is C22H19FN2O2S3. The maximum absolute atomic E-state index is 13.2. The van der Waals surface area contributed by atoms with Gasteiger partial charge in [-0.15, -0.1) is 11.8 Å². The van der Waals surface area contributed by atoms with Crippen LogP contribution in [0.1, 0.15) is 10.4 Å². The summed E-state index contributed by atoms with van der Waals surface area (Å²) in [6, 6.07) is 19.3. The molecule has 8 heteroatoms. The van der Waals surface area contributed by atoms with Crippen LogP contribution < -0.4 is 10.6 Å². The zero-order chi connectivity index (χ0) is 21.5. The summed E-state index contributed by atoms with van der Waals surface area (Å²) in [4.78, 5) is 14.8. The average molecular weight is 459 g/mol. The topological polar surface area (TPSA) is 50.4 Å². The fraction of sp³-hybridized carbons (Fsp3) is 0.0909. The first-order valence-electron chi connectivity index (χ1n) is 8.86. The smallest absolute Gasteiger partial charge is 0.337 e. The van der Waals surface area contributed by atoms with Gasteiger partial charge in [0.05, 0.1) is 18.4 Å². The minimum Gasteiger partial charge on any atom is -0.465 e. The first-order valence-corrected chi connectivity index (χ1v) is 11.3. The van der Waals surface area contributed by atoms with Crippen LogP contribution in [0.5, 0.6) is 0 Å². The molecular weight excluding hydrogens is 439 g/mol. The van der Waals surface area contributed by atoms with Gasteiger partial charge in [0.15, 0.2) is 5.11 Å².